The highest BCUT2D eigenvalue weighted by Crippen LogP contribution is 2.28. The minimum absolute atomic E-state index is 0.327. The number of aryl methyl sites for hydroxylation is 2. The molecule has 9 heteroatoms. The van der Waals surface area contributed by atoms with Crippen molar-refractivity contribution >= 4 is 23.7 Å². The second-order valence-corrected chi connectivity index (χ2v) is 8.53. The van der Waals surface area contributed by atoms with Crippen LogP contribution >= 0.6 is 0 Å². The average Bonchev–Trinajstić information content (AvgIpc) is 3.14. The van der Waals surface area contributed by atoms with Crippen LogP contribution in [0.4, 0.5) is 17.5 Å². The standard InChI is InChI=1S/C21H32N8O/c1-15-19(14-30)20(26-21(23-15)25-17-12-22-28(3)13-17)24-16-4-6-18(7-5-16)29-10-8-27(2)9-11-29/h12-14,16,18H,4-11H2,1-3H3,(H2,23,24,25,26). The molecule has 0 radical (unpaired) electrons. The zero-order valence-electron chi connectivity index (χ0n) is 18.1. The van der Waals surface area contributed by atoms with E-state index in [0.29, 0.717) is 35.1 Å². The zero-order valence-corrected chi connectivity index (χ0v) is 18.1. The molecule has 1 aliphatic heterocycles. The van der Waals surface area contributed by atoms with Crippen LogP contribution in [0.1, 0.15) is 41.7 Å². The third kappa shape index (κ3) is 4.79. The molecular weight excluding hydrogens is 380 g/mol. The molecule has 0 spiro atoms. The lowest BCUT2D eigenvalue weighted by Crippen LogP contribution is -2.50. The van der Waals surface area contributed by atoms with Gasteiger partial charge in [-0.2, -0.15) is 10.1 Å². The molecule has 0 aromatic carbocycles. The average molecular weight is 413 g/mol. The van der Waals surface area contributed by atoms with Gasteiger partial charge in [-0.15, -0.1) is 0 Å². The Hall–Kier alpha value is -2.52. The van der Waals surface area contributed by atoms with Crippen molar-refractivity contribution in [3.05, 3.63) is 23.7 Å². The number of nitrogens with one attached hydrogen (secondary N) is 2. The van der Waals surface area contributed by atoms with E-state index in [0.717, 1.165) is 37.9 Å². The maximum absolute atomic E-state index is 11.7. The van der Waals surface area contributed by atoms with Gasteiger partial charge in [-0.1, -0.05) is 0 Å². The number of nitrogens with zero attached hydrogens (tertiary/aromatic N) is 6. The summed E-state index contributed by atoms with van der Waals surface area (Å²) in [5, 5.41) is 10.9. The SMILES string of the molecule is Cc1nc(Nc2cnn(C)c2)nc(NC2CCC(N3CCN(C)CC3)CC2)c1C=O. The third-order valence-corrected chi connectivity index (χ3v) is 6.31. The van der Waals surface area contributed by atoms with E-state index in [-0.39, 0.29) is 0 Å². The van der Waals surface area contributed by atoms with Crippen LogP contribution in [0.15, 0.2) is 12.4 Å². The number of likely N-dealkylation sites (N-methyl/N-ethyl adjacent to an activating group) is 1. The molecule has 2 aliphatic rings. The minimum Gasteiger partial charge on any atom is -0.367 e. The Kier molecular flexibility index (Phi) is 6.29. The van der Waals surface area contributed by atoms with E-state index < -0.39 is 0 Å². The van der Waals surface area contributed by atoms with Crippen molar-refractivity contribution in [3.63, 3.8) is 0 Å². The van der Waals surface area contributed by atoms with Crippen LogP contribution in [0.25, 0.3) is 0 Å². The lowest BCUT2D eigenvalue weighted by molar-refractivity contribution is 0.0894. The lowest BCUT2D eigenvalue weighted by Gasteiger charge is -2.41. The number of aromatic nitrogens is 4. The molecule has 0 unspecified atom stereocenters. The molecular formula is C21H32N8O. The number of aldehydes is 1. The summed E-state index contributed by atoms with van der Waals surface area (Å²) in [4.78, 5) is 25.8. The number of hydrogen-bond acceptors (Lipinski definition) is 8. The Morgan fingerprint density at radius 1 is 1.07 bits per heavy atom. The summed E-state index contributed by atoms with van der Waals surface area (Å²) in [5.74, 6) is 1.09. The van der Waals surface area contributed by atoms with Crippen LogP contribution in [0.2, 0.25) is 0 Å². The smallest absolute Gasteiger partial charge is 0.229 e. The van der Waals surface area contributed by atoms with Crippen molar-refractivity contribution in [1.82, 2.24) is 29.5 Å². The van der Waals surface area contributed by atoms with Crippen molar-refractivity contribution in [2.45, 2.75) is 44.7 Å². The van der Waals surface area contributed by atoms with Gasteiger partial charge < -0.3 is 15.5 Å². The van der Waals surface area contributed by atoms with Gasteiger partial charge >= 0.3 is 0 Å². The van der Waals surface area contributed by atoms with Crippen molar-refractivity contribution < 1.29 is 4.79 Å². The fourth-order valence-corrected chi connectivity index (χ4v) is 4.47. The summed E-state index contributed by atoms with van der Waals surface area (Å²) in [6.07, 6.45) is 8.97. The molecule has 162 valence electrons. The highest BCUT2D eigenvalue weighted by molar-refractivity contribution is 5.84. The maximum atomic E-state index is 11.7. The fraction of sp³-hybridized carbons (Fsp3) is 0.619. The molecule has 2 N–H and O–H groups in total. The van der Waals surface area contributed by atoms with Gasteiger partial charge in [-0.05, 0) is 39.7 Å². The van der Waals surface area contributed by atoms with Gasteiger partial charge in [-0.3, -0.25) is 14.4 Å². The van der Waals surface area contributed by atoms with Crippen LogP contribution in [0.3, 0.4) is 0 Å². The van der Waals surface area contributed by atoms with Gasteiger partial charge in [0, 0.05) is 51.5 Å². The number of carbonyl (C=O) groups excluding carboxylic acids is 1. The molecule has 0 atom stereocenters. The summed E-state index contributed by atoms with van der Waals surface area (Å²) in [7, 11) is 4.06. The summed E-state index contributed by atoms with van der Waals surface area (Å²) >= 11 is 0. The van der Waals surface area contributed by atoms with Crippen molar-refractivity contribution in [3.8, 4) is 0 Å². The van der Waals surface area contributed by atoms with E-state index in [1.54, 1.807) is 10.9 Å². The number of hydrogen-bond donors (Lipinski definition) is 2. The first kappa shape index (κ1) is 20.7. The molecule has 2 fully saturated rings. The molecule has 0 bridgehead atoms. The first-order valence-corrected chi connectivity index (χ1v) is 10.8. The summed E-state index contributed by atoms with van der Waals surface area (Å²) in [5.41, 5.74) is 2.02. The molecule has 1 saturated carbocycles. The topological polar surface area (TPSA) is 91.2 Å². The molecule has 0 amide bonds. The van der Waals surface area contributed by atoms with E-state index in [1.165, 1.54) is 25.9 Å². The highest BCUT2D eigenvalue weighted by atomic mass is 16.1. The summed E-state index contributed by atoms with van der Waals surface area (Å²) in [6.45, 7) is 6.50. The molecule has 4 rings (SSSR count). The molecule has 1 aliphatic carbocycles. The first-order valence-electron chi connectivity index (χ1n) is 10.8. The van der Waals surface area contributed by atoms with Crippen LogP contribution in [-0.4, -0.2) is 81.1 Å². The Morgan fingerprint density at radius 2 is 1.80 bits per heavy atom. The van der Waals surface area contributed by atoms with E-state index in [4.69, 9.17) is 0 Å². The van der Waals surface area contributed by atoms with Gasteiger partial charge in [0.05, 0.1) is 23.1 Å². The largest absolute Gasteiger partial charge is 0.367 e. The van der Waals surface area contributed by atoms with Crippen molar-refractivity contribution in [2.75, 3.05) is 43.9 Å². The third-order valence-electron chi connectivity index (χ3n) is 6.31. The Balaban J connectivity index is 1.40. The molecule has 9 nitrogen and oxygen atoms in total. The van der Waals surface area contributed by atoms with Gasteiger partial charge in [-0.25, -0.2) is 4.98 Å². The maximum Gasteiger partial charge on any atom is 0.229 e. The first-order chi connectivity index (χ1) is 14.5. The fourth-order valence-electron chi connectivity index (χ4n) is 4.47. The molecule has 2 aromatic heterocycles. The van der Waals surface area contributed by atoms with Crippen LogP contribution in [0, 0.1) is 6.92 Å². The van der Waals surface area contributed by atoms with E-state index in [2.05, 4.69) is 42.5 Å². The monoisotopic (exact) mass is 412 g/mol. The number of rotatable bonds is 6. The van der Waals surface area contributed by atoms with Crippen LogP contribution in [0.5, 0.6) is 0 Å². The minimum atomic E-state index is 0.327. The van der Waals surface area contributed by atoms with E-state index >= 15 is 0 Å². The quantitative estimate of drug-likeness (QED) is 0.697. The number of carbonyl (C=O) groups is 1. The predicted molar refractivity (Wildman–Crippen MR) is 117 cm³/mol. The van der Waals surface area contributed by atoms with Crippen molar-refractivity contribution in [1.29, 1.82) is 0 Å². The van der Waals surface area contributed by atoms with Gasteiger partial charge in [0.2, 0.25) is 5.95 Å². The Labute approximate surface area is 177 Å². The summed E-state index contributed by atoms with van der Waals surface area (Å²) < 4.78 is 1.72. The normalized spacial score (nSPS) is 23.3. The van der Waals surface area contributed by atoms with E-state index in [1.807, 2.05) is 20.2 Å². The highest BCUT2D eigenvalue weighted by Gasteiger charge is 2.28. The Morgan fingerprint density at radius 3 is 2.43 bits per heavy atom. The van der Waals surface area contributed by atoms with E-state index in [9.17, 15) is 4.79 Å². The second-order valence-electron chi connectivity index (χ2n) is 8.53. The summed E-state index contributed by atoms with van der Waals surface area (Å²) in [6, 6.07) is 1.00. The Bertz CT molecular complexity index is 866. The van der Waals surface area contributed by atoms with Gasteiger partial charge in [0.1, 0.15) is 5.82 Å². The molecule has 30 heavy (non-hydrogen) atoms. The molecule has 1 saturated heterocycles. The van der Waals surface area contributed by atoms with Crippen molar-refractivity contribution in [2.24, 2.45) is 7.05 Å². The molecule has 2 aromatic rings. The second kappa shape index (κ2) is 9.09. The zero-order chi connectivity index (χ0) is 21.1. The number of piperazine rings is 1. The van der Waals surface area contributed by atoms with Gasteiger partial charge in [0.15, 0.2) is 6.29 Å². The van der Waals surface area contributed by atoms with Crippen LogP contribution < -0.4 is 10.6 Å². The van der Waals surface area contributed by atoms with Crippen LogP contribution in [-0.2, 0) is 7.05 Å². The number of anilines is 3. The molecule has 3 heterocycles. The predicted octanol–water partition coefficient (Wildman–Crippen LogP) is 2.05. The van der Waals surface area contributed by atoms with Gasteiger partial charge in [0.25, 0.3) is 0 Å². The lowest BCUT2D eigenvalue weighted by atomic mass is 9.89.